The van der Waals surface area contributed by atoms with E-state index in [-0.39, 0.29) is 5.91 Å². The van der Waals surface area contributed by atoms with E-state index in [1.165, 1.54) is 0 Å². The highest BCUT2D eigenvalue weighted by molar-refractivity contribution is 6.30. The number of rotatable bonds is 8. The van der Waals surface area contributed by atoms with Crippen molar-refractivity contribution in [3.05, 3.63) is 28.8 Å². The lowest BCUT2D eigenvalue weighted by Crippen LogP contribution is -2.38. The molecule has 0 unspecified atom stereocenters. The van der Waals surface area contributed by atoms with Crippen molar-refractivity contribution >= 4 is 17.5 Å². The summed E-state index contributed by atoms with van der Waals surface area (Å²) in [5, 5.41) is 3.60. The van der Waals surface area contributed by atoms with Crippen molar-refractivity contribution in [1.29, 1.82) is 0 Å². The van der Waals surface area contributed by atoms with Crippen molar-refractivity contribution in [1.82, 2.24) is 10.2 Å². The van der Waals surface area contributed by atoms with Crippen LogP contribution in [0, 0.1) is 0 Å². The summed E-state index contributed by atoms with van der Waals surface area (Å²) < 4.78 is 10.7. The average molecular weight is 327 g/mol. The number of amides is 1. The first-order valence-electron chi connectivity index (χ1n) is 7.50. The molecule has 6 heteroatoms. The van der Waals surface area contributed by atoms with Crippen LogP contribution in [0.3, 0.4) is 0 Å². The maximum Gasteiger partial charge on any atom is 0.261 e. The second-order valence-corrected chi connectivity index (χ2v) is 5.94. The van der Waals surface area contributed by atoms with Gasteiger partial charge < -0.3 is 19.7 Å². The van der Waals surface area contributed by atoms with Gasteiger partial charge in [-0.05, 0) is 43.8 Å². The first-order chi connectivity index (χ1) is 10.6. The standard InChI is InChI=1S/C16H23ClN2O3/c1-19(8-9-21-2)7-3-6-18-16(20)15-11-12-10-13(17)4-5-14(12)22-15/h4-5,10,15H,3,6-9,11H2,1-2H3,(H,18,20)/t15-/m1/s1. The fourth-order valence-electron chi connectivity index (χ4n) is 2.40. The Morgan fingerprint density at radius 1 is 1.50 bits per heavy atom. The normalized spacial score (nSPS) is 16.5. The van der Waals surface area contributed by atoms with E-state index in [2.05, 4.69) is 10.2 Å². The summed E-state index contributed by atoms with van der Waals surface area (Å²) in [6.45, 7) is 3.18. The number of nitrogens with one attached hydrogen (secondary N) is 1. The zero-order valence-corrected chi connectivity index (χ0v) is 13.9. The Labute approximate surface area is 136 Å². The second kappa shape index (κ2) is 8.36. The maximum atomic E-state index is 12.1. The van der Waals surface area contributed by atoms with Crippen molar-refractivity contribution < 1.29 is 14.3 Å². The topological polar surface area (TPSA) is 50.8 Å². The molecule has 0 saturated heterocycles. The molecule has 1 heterocycles. The molecule has 5 nitrogen and oxygen atoms in total. The highest BCUT2D eigenvalue weighted by Crippen LogP contribution is 2.31. The van der Waals surface area contributed by atoms with Crippen LogP contribution in [0.2, 0.25) is 5.02 Å². The van der Waals surface area contributed by atoms with E-state index in [9.17, 15) is 4.79 Å². The summed E-state index contributed by atoms with van der Waals surface area (Å²) in [6.07, 6.45) is 1.03. The maximum absolute atomic E-state index is 12.1. The molecule has 0 bridgehead atoms. The van der Waals surface area contributed by atoms with Crippen molar-refractivity contribution in [2.24, 2.45) is 0 Å². The molecule has 0 fully saturated rings. The number of nitrogens with zero attached hydrogens (tertiary/aromatic N) is 1. The van der Waals surface area contributed by atoms with Gasteiger partial charge in [0, 0.05) is 31.6 Å². The van der Waals surface area contributed by atoms with Gasteiger partial charge in [-0.25, -0.2) is 0 Å². The fourth-order valence-corrected chi connectivity index (χ4v) is 2.59. The summed E-state index contributed by atoms with van der Waals surface area (Å²) in [7, 11) is 3.74. The molecule has 122 valence electrons. The molecule has 0 saturated carbocycles. The molecule has 1 N–H and O–H groups in total. The summed E-state index contributed by atoms with van der Waals surface area (Å²) in [4.78, 5) is 14.3. The SMILES string of the molecule is COCCN(C)CCCNC(=O)[C@H]1Cc2cc(Cl)ccc2O1. The number of hydrogen-bond acceptors (Lipinski definition) is 4. The third kappa shape index (κ3) is 4.87. The smallest absolute Gasteiger partial charge is 0.261 e. The predicted octanol–water partition coefficient (Wildman–Crippen LogP) is 1.73. The quantitative estimate of drug-likeness (QED) is 0.739. The van der Waals surface area contributed by atoms with Crippen LogP contribution < -0.4 is 10.1 Å². The van der Waals surface area contributed by atoms with Crippen LogP contribution in [-0.2, 0) is 16.0 Å². The number of carbonyl (C=O) groups excluding carboxylic acids is 1. The van der Waals surface area contributed by atoms with E-state index in [1.54, 1.807) is 13.2 Å². The Morgan fingerprint density at radius 3 is 3.09 bits per heavy atom. The summed E-state index contributed by atoms with van der Waals surface area (Å²) >= 11 is 5.95. The molecule has 1 amide bonds. The molecule has 22 heavy (non-hydrogen) atoms. The Balaban J connectivity index is 1.67. The van der Waals surface area contributed by atoms with Crippen molar-refractivity contribution in [3.8, 4) is 5.75 Å². The highest BCUT2D eigenvalue weighted by atomic mass is 35.5. The molecular formula is C16H23ClN2O3. The van der Waals surface area contributed by atoms with Gasteiger partial charge in [0.25, 0.3) is 5.91 Å². The molecule has 0 spiro atoms. The molecule has 1 aromatic rings. The van der Waals surface area contributed by atoms with Gasteiger partial charge in [-0.2, -0.15) is 0 Å². The summed E-state index contributed by atoms with van der Waals surface area (Å²) in [6, 6.07) is 5.45. The molecule has 1 aromatic carbocycles. The number of benzene rings is 1. The van der Waals surface area contributed by atoms with Gasteiger partial charge >= 0.3 is 0 Å². The number of ether oxygens (including phenoxy) is 2. The summed E-state index contributed by atoms with van der Waals surface area (Å²) in [5.41, 5.74) is 0.993. The molecule has 1 aliphatic heterocycles. The number of hydrogen-bond donors (Lipinski definition) is 1. The van der Waals surface area contributed by atoms with Gasteiger partial charge in [0.2, 0.25) is 0 Å². The van der Waals surface area contributed by atoms with Crippen LogP contribution in [0.4, 0.5) is 0 Å². The first kappa shape index (κ1) is 17.1. The Hall–Kier alpha value is -1.30. The van der Waals surface area contributed by atoms with Gasteiger partial charge in [-0.15, -0.1) is 0 Å². The second-order valence-electron chi connectivity index (χ2n) is 5.50. The molecule has 0 radical (unpaired) electrons. The number of likely N-dealkylation sites (N-methyl/N-ethyl adjacent to an activating group) is 1. The van der Waals surface area contributed by atoms with E-state index < -0.39 is 6.10 Å². The molecule has 0 aliphatic carbocycles. The van der Waals surface area contributed by atoms with E-state index >= 15 is 0 Å². The van der Waals surface area contributed by atoms with Crippen LogP contribution in [0.25, 0.3) is 0 Å². The Morgan fingerprint density at radius 2 is 2.32 bits per heavy atom. The van der Waals surface area contributed by atoms with Gasteiger partial charge in [-0.3, -0.25) is 4.79 Å². The third-order valence-corrected chi connectivity index (χ3v) is 3.92. The zero-order chi connectivity index (χ0) is 15.9. The van der Waals surface area contributed by atoms with Gasteiger partial charge in [-0.1, -0.05) is 11.6 Å². The van der Waals surface area contributed by atoms with E-state index in [4.69, 9.17) is 21.1 Å². The van der Waals surface area contributed by atoms with Crippen molar-refractivity contribution in [3.63, 3.8) is 0 Å². The Kier molecular flexibility index (Phi) is 6.49. The predicted molar refractivity (Wildman–Crippen MR) is 86.6 cm³/mol. The minimum atomic E-state index is -0.445. The lowest BCUT2D eigenvalue weighted by atomic mass is 10.1. The molecule has 2 rings (SSSR count). The van der Waals surface area contributed by atoms with Gasteiger partial charge in [0.05, 0.1) is 6.61 Å². The average Bonchev–Trinajstić information content (AvgIpc) is 2.92. The first-order valence-corrected chi connectivity index (χ1v) is 7.88. The van der Waals surface area contributed by atoms with Gasteiger partial charge in [0.1, 0.15) is 5.75 Å². The number of carbonyl (C=O) groups is 1. The molecular weight excluding hydrogens is 304 g/mol. The van der Waals surface area contributed by atoms with Crippen LogP contribution in [0.1, 0.15) is 12.0 Å². The monoisotopic (exact) mass is 326 g/mol. The van der Waals surface area contributed by atoms with Crippen LogP contribution in [0.5, 0.6) is 5.75 Å². The molecule has 1 aliphatic rings. The van der Waals surface area contributed by atoms with Gasteiger partial charge in [0.15, 0.2) is 6.10 Å². The highest BCUT2D eigenvalue weighted by Gasteiger charge is 2.28. The molecule has 1 atom stereocenters. The number of methoxy groups -OCH3 is 1. The van der Waals surface area contributed by atoms with Crippen LogP contribution in [0.15, 0.2) is 18.2 Å². The lowest BCUT2D eigenvalue weighted by Gasteiger charge is -2.16. The lowest BCUT2D eigenvalue weighted by molar-refractivity contribution is -0.127. The fraction of sp³-hybridized carbons (Fsp3) is 0.562. The van der Waals surface area contributed by atoms with Crippen molar-refractivity contribution in [2.45, 2.75) is 18.9 Å². The van der Waals surface area contributed by atoms with Crippen molar-refractivity contribution in [2.75, 3.05) is 40.4 Å². The minimum absolute atomic E-state index is 0.0631. The third-order valence-electron chi connectivity index (χ3n) is 3.68. The minimum Gasteiger partial charge on any atom is -0.480 e. The summed E-state index contributed by atoms with van der Waals surface area (Å²) in [5.74, 6) is 0.690. The number of fused-ring (bicyclic) bond motifs is 1. The van der Waals surface area contributed by atoms with E-state index in [0.717, 1.165) is 37.4 Å². The largest absolute Gasteiger partial charge is 0.480 e. The Bertz CT molecular complexity index is 510. The van der Waals surface area contributed by atoms with Crippen LogP contribution in [-0.4, -0.2) is 57.3 Å². The van der Waals surface area contributed by atoms with Crippen LogP contribution >= 0.6 is 11.6 Å². The zero-order valence-electron chi connectivity index (χ0n) is 13.1. The van der Waals surface area contributed by atoms with E-state index in [1.807, 2.05) is 19.2 Å². The number of halogens is 1. The molecule has 0 aromatic heterocycles. The van der Waals surface area contributed by atoms with E-state index in [0.29, 0.717) is 18.0 Å².